The number of hydrogen-bond donors (Lipinski definition) is 0. The number of imidazole rings is 3. The molecule has 10 aromatic rings. The maximum Gasteiger partial charge on any atom is 0.269 e. The summed E-state index contributed by atoms with van der Waals surface area (Å²) in [6.07, 6.45) is 3.52. The summed E-state index contributed by atoms with van der Waals surface area (Å²) in [5.74, 6) is 1.08. The minimum absolute atomic E-state index is 0. The largest absolute Gasteiger partial charge is 0.366 e. The number of benzene rings is 7. The zero-order valence-electron chi connectivity index (χ0n) is 41.1. The number of hydrogen-bond acceptors (Lipinski definition) is 1. The van der Waals surface area contributed by atoms with Gasteiger partial charge in [0, 0.05) is 50.2 Å². The fourth-order valence-electron chi connectivity index (χ4n) is 7.30. The Bertz CT molecular complexity index is 3300. The van der Waals surface area contributed by atoms with E-state index in [1.807, 2.05) is 71.3 Å². The first-order valence-electron chi connectivity index (χ1n) is 23.3. The van der Waals surface area contributed by atoms with Crippen LogP contribution in [-0.2, 0) is 22.4 Å². The van der Waals surface area contributed by atoms with Crippen molar-refractivity contribution >= 4 is 38.9 Å². The normalized spacial score (nSPS) is 13.9. The molecule has 10 rings (SSSR count). The minimum atomic E-state index is -0.538. The second-order valence-electron chi connectivity index (χ2n) is 13.9. The second-order valence-corrected chi connectivity index (χ2v) is 13.9. The molecular formula is C50H42AuN5-. The minimum Gasteiger partial charge on any atom is -0.366 e. The Labute approximate surface area is 357 Å². The van der Waals surface area contributed by atoms with Crippen molar-refractivity contribution in [3.8, 4) is 33.6 Å². The molecule has 1 radical (unpaired) electrons. The molecule has 3 aromatic heterocycles. The monoisotopic (exact) mass is 919 g/mol. The van der Waals surface area contributed by atoms with Crippen molar-refractivity contribution in [3.63, 3.8) is 0 Å². The van der Waals surface area contributed by atoms with E-state index in [-0.39, 0.29) is 62.2 Å². The molecule has 3 heterocycles. The summed E-state index contributed by atoms with van der Waals surface area (Å²) in [6, 6.07) is 30.0. The first-order chi connectivity index (χ1) is 31.1. The third-order valence-corrected chi connectivity index (χ3v) is 9.81. The van der Waals surface area contributed by atoms with Crippen molar-refractivity contribution in [2.24, 2.45) is 0 Å². The fraction of sp³-hybridized carbons (Fsp3) is 0.120. The Hall–Kier alpha value is -5.98. The van der Waals surface area contributed by atoms with E-state index in [0.717, 1.165) is 50.2 Å². The van der Waals surface area contributed by atoms with Gasteiger partial charge in [-0.3, -0.25) is 9.13 Å². The van der Waals surface area contributed by atoms with Crippen LogP contribution in [0, 0.1) is 6.33 Å². The van der Waals surface area contributed by atoms with Crippen LogP contribution in [0.25, 0.3) is 72.5 Å². The van der Waals surface area contributed by atoms with Crippen molar-refractivity contribution in [1.82, 2.24) is 18.9 Å². The Morgan fingerprint density at radius 3 is 1.77 bits per heavy atom. The van der Waals surface area contributed by atoms with Gasteiger partial charge >= 0.3 is 0 Å². The van der Waals surface area contributed by atoms with E-state index in [9.17, 15) is 0 Å². The number of para-hydroxylation sites is 8. The van der Waals surface area contributed by atoms with Gasteiger partial charge in [0.2, 0.25) is 0 Å². The van der Waals surface area contributed by atoms with Gasteiger partial charge in [0.25, 0.3) is 6.33 Å². The predicted octanol–water partition coefficient (Wildman–Crippen LogP) is 11.9. The van der Waals surface area contributed by atoms with Crippen molar-refractivity contribution in [3.05, 3.63) is 187 Å². The van der Waals surface area contributed by atoms with Crippen LogP contribution in [0.1, 0.15) is 64.4 Å². The van der Waals surface area contributed by atoms with Gasteiger partial charge in [-0.25, -0.2) is 0 Å². The van der Waals surface area contributed by atoms with Gasteiger partial charge in [-0.15, -0.1) is 0 Å². The molecule has 0 fully saturated rings. The Balaban J connectivity index is 0.000000288. The van der Waals surface area contributed by atoms with E-state index >= 15 is 0 Å². The van der Waals surface area contributed by atoms with E-state index in [2.05, 4.69) is 72.7 Å². The van der Waals surface area contributed by atoms with Gasteiger partial charge in [0.05, 0.1) is 36.1 Å². The SMILES string of the molecule is [2H]c1c([2H])c([2H])c(-c2cccc(-c3c([2H])c([2H])c([2H])c([2H])c3[2H])c2-[n+]2[c-]n(-c3c(C(C)C)cccc3C(C)C)c3ccccc32)c([2H])c1[2H].[Au].c1ccc2c(c1)nc1[n-]c3ccccc3n12. The molecule has 7 aromatic carbocycles. The molecule has 6 heteroatoms. The van der Waals surface area contributed by atoms with Crippen molar-refractivity contribution < 1.29 is 40.7 Å². The number of fused-ring (bicyclic) bond motifs is 6. The summed E-state index contributed by atoms with van der Waals surface area (Å²) in [5, 5.41) is 0. The molecule has 0 saturated heterocycles. The second kappa shape index (κ2) is 15.6. The summed E-state index contributed by atoms with van der Waals surface area (Å²) < 4.78 is 91.5. The van der Waals surface area contributed by atoms with Gasteiger partial charge in [-0.05, 0) is 45.2 Å². The van der Waals surface area contributed by atoms with Crippen molar-refractivity contribution in [2.75, 3.05) is 0 Å². The molecule has 0 aliphatic heterocycles. The summed E-state index contributed by atoms with van der Waals surface area (Å²) in [4.78, 5) is 9.01. The number of nitrogens with zero attached hydrogens (tertiary/aromatic N) is 5. The Morgan fingerprint density at radius 1 is 0.607 bits per heavy atom. The average molecular weight is 920 g/mol. The molecule has 0 N–H and O–H groups in total. The van der Waals surface area contributed by atoms with Crippen molar-refractivity contribution in [1.29, 1.82) is 0 Å². The third kappa shape index (κ3) is 6.58. The molecule has 0 saturated carbocycles. The molecule has 0 aliphatic carbocycles. The zero-order chi connectivity index (χ0) is 46.2. The summed E-state index contributed by atoms with van der Waals surface area (Å²) in [5.41, 5.74) is 9.25. The first kappa shape index (κ1) is 26.8. The summed E-state index contributed by atoms with van der Waals surface area (Å²) in [6.45, 7) is 8.47. The number of aromatic nitrogens is 5. The Morgan fingerprint density at radius 2 is 1.14 bits per heavy atom. The molecule has 0 spiro atoms. The van der Waals surface area contributed by atoms with Crippen LogP contribution in [0.4, 0.5) is 0 Å². The maximum absolute atomic E-state index is 8.89. The van der Waals surface area contributed by atoms with Crippen LogP contribution in [-0.4, -0.2) is 14.0 Å². The average Bonchev–Trinajstić information content (AvgIpc) is 3.99. The van der Waals surface area contributed by atoms with E-state index in [1.165, 1.54) is 0 Å². The van der Waals surface area contributed by atoms with E-state index < -0.39 is 60.4 Å². The topological polar surface area (TPSA) is 40.2 Å². The fourth-order valence-corrected chi connectivity index (χ4v) is 7.30. The van der Waals surface area contributed by atoms with Crippen LogP contribution in [0.3, 0.4) is 0 Å². The third-order valence-electron chi connectivity index (χ3n) is 9.81. The molecule has 0 atom stereocenters. The first-order valence-corrected chi connectivity index (χ1v) is 18.3. The predicted molar refractivity (Wildman–Crippen MR) is 226 cm³/mol. The molecule has 0 aliphatic rings. The van der Waals surface area contributed by atoms with Gasteiger partial charge in [0.1, 0.15) is 0 Å². The quantitative estimate of drug-likeness (QED) is 0.0947. The zero-order valence-corrected chi connectivity index (χ0v) is 33.3. The van der Waals surface area contributed by atoms with Gasteiger partial charge in [-0.1, -0.05) is 197 Å². The van der Waals surface area contributed by atoms with Crippen LogP contribution in [0.2, 0.25) is 0 Å². The van der Waals surface area contributed by atoms with Crippen LogP contribution in [0.15, 0.2) is 170 Å². The van der Waals surface area contributed by atoms with Gasteiger partial charge in [0.15, 0.2) is 0 Å². The van der Waals surface area contributed by atoms with Gasteiger partial charge in [-0.2, -0.15) is 0 Å². The van der Waals surface area contributed by atoms with Crippen LogP contribution < -0.4 is 9.55 Å². The summed E-state index contributed by atoms with van der Waals surface area (Å²) >= 11 is 0. The molecular weight excluding hydrogens is 868 g/mol. The molecule has 279 valence electrons. The molecule has 5 nitrogen and oxygen atoms in total. The standard InChI is InChI=1S/C37H34N2.C13H8N3.Au/c1-26(2)30-19-13-20-31(27(3)4)36(30)38-25-39(35-24-12-11-23-34(35)38)37-32(28-15-7-5-8-16-28)21-14-22-33(37)29-17-9-6-10-18-29;1-3-7-11-9(5-1)14-13-15-10-6-2-4-8-12(10)16(11)13;/h5-24,26-27H,1-4H3;1-8H;/q;-1;/i5D,6D,7D,8D,9D,10D,15D,16D,17D,18D;;. The van der Waals surface area contributed by atoms with E-state index in [4.69, 9.17) is 13.7 Å². The number of rotatable bonds is 6. The maximum atomic E-state index is 8.89. The van der Waals surface area contributed by atoms with E-state index in [1.54, 1.807) is 22.8 Å². The smallest absolute Gasteiger partial charge is 0.269 e. The molecule has 56 heavy (non-hydrogen) atoms. The van der Waals surface area contributed by atoms with Crippen LogP contribution in [0.5, 0.6) is 0 Å². The summed E-state index contributed by atoms with van der Waals surface area (Å²) in [7, 11) is 0. The Kier molecular flexibility index (Phi) is 7.47. The van der Waals surface area contributed by atoms with E-state index in [0.29, 0.717) is 5.52 Å². The molecule has 0 unspecified atom stereocenters. The molecule has 0 amide bonds. The van der Waals surface area contributed by atoms with Gasteiger partial charge < -0.3 is 14.4 Å². The van der Waals surface area contributed by atoms with Crippen molar-refractivity contribution in [2.45, 2.75) is 39.5 Å². The molecule has 0 bridgehead atoms. The van der Waals surface area contributed by atoms with Crippen LogP contribution >= 0.6 is 0 Å².